The van der Waals surface area contributed by atoms with Crippen molar-refractivity contribution in [2.45, 2.75) is 31.6 Å². The zero-order valence-corrected chi connectivity index (χ0v) is 17.4. The number of hydrogen-bond acceptors (Lipinski definition) is 4. The Morgan fingerprint density at radius 1 is 1.00 bits per heavy atom. The fourth-order valence-electron chi connectivity index (χ4n) is 9.51. The minimum absolute atomic E-state index is 0.0949. The molecule has 8 rings (SSSR count). The van der Waals surface area contributed by atoms with Crippen molar-refractivity contribution < 1.29 is 13.7 Å². The fraction of sp³-hybridized carbons (Fsp3) is 0.640. The number of carbonyl (C=O) groups excluding carboxylic acids is 1. The molecule has 2 aromatic rings. The SMILES string of the molecule is O=C(C1C2C3CC4C5C3CC2C5C41)N1CCCC(c2nc(-c3ccc(F)cc3)no2)C1. The van der Waals surface area contributed by atoms with Crippen LogP contribution in [0.5, 0.6) is 0 Å². The Labute approximate surface area is 180 Å². The maximum atomic E-state index is 13.8. The summed E-state index contributed by atoms with van der Waals surface area (Å²) >= 11 is 0. The first-order chi connectivity index (χ1) is 15.2. The number of amides is 1. The van der Waals surface area contributed by atoms with E-state index in [-0.39, 0.29) is 11.7 Å². The van der Waals surface area contributed by atoms with Crippen LogP contribution >= 0.6 is 0 Å². The number of aromatic nitrogens is 2. The maximum absolute atomic E-state index is 13.8. The molecular weight excluding hydrogens is 393 g/mol. The summed E-state index contributed by atoms with van der Waals surface area (Å²) in [6.07, 6.45) is 4.81. The molecule has 10 unspecified atom stereocenters. The molecule has 1 saturated heterocycles. The summed E-state index contributed by atoms with van der Waals surface area (Å²) in [4.78, 5) is 20.5. The highest BCUT2D eigenvalue weighted by Gasteiger charge is 2.81. The van der Waals surface area contributed by atoms with Gasteiger partial charge in [0, 0.05) is 24.6 Å². The van der Waals surface area contributed by atoms with Crippen molar-refractivity contribution >= 4 is 5.91 Å². The van der Waals surface area contributed by atoms with E-state index in [4.69, 9.17) is 4.52 Å². The van der Waals surface area contributed by atoms with Gasteiger partial charge in [-0.3, -0.25) is 4.79 Å². The van der Waals surface area contributed by atoms with Crippen LogP contribution in [0.25, 0.3) is 11.4 Å². The summed E-state index contributed by atoms with van der Waals surface area (Å²) in [5, 5.41) is 4.12. The largest absolute Gasteiger partial charge is 0.342 e. The number of rotatable bonds is 3. The van der Waals surface area contributed by atoms with Crippen LogP contribution in [0.15, 0.2) is 28.8 Å². The second kappa shape index (κ2) is 5.76. The van der Waals surface area contributed by atoms with Crippen molar-refractivity contribution in [3.05, 3.63) is 36.0 Å². The number of nitrogens with zero attached hydrogens (tertiary/aromatic N) is 3. The van der Waals surface area contributed by atoms with Crippen molar-refractivity contribution in [3.8, 4) is 11.4 Å². The standard InChI is InChI=1S/C25H26FN3O2/c26-13-5-3-11(4-6-13)23-27-24(31-28-23)12-2-1-7-29(10-12)25(30)22-19-15-9-16-18-14(15)8-17(19)20(18)21(16)22/h3-6,12,14-22H,1-2,7-10H2. The van der Waals surface area contributed by atoms with E-state index in [1.807, 2.05) is 0 Å². The monoisotopic (exact) mass is 419 g/mol. The van der Waals surface area contributed by atoms with Gasteiger partial charge in [0.1, 0.15) is 5.82 Å². The second-order valence-electron chi connectivity index (χ2n) is 11.0. The van der Waals surface area contributed by atoms with Gasteiger partial charge in [-0.1, -0.05) is 5.16 Å². The predicted octanol–water partition coefficient (Wildman–Crippen LogP) is 3.98. The smallest absolute Gasteiger partial charge is 0.231 e. The molecule has 6 heteroatoms. The first kappa shape index (κ1) is 17.3. The summed E-state index contributed by atoms with van der Waals surface area (Å²) in [6, 6.07) is 6.15. The first-order valence-electron chi connectivity index (χ1n) is 12.1. The molecule has 0 spiro atoms. The molecule has 160 valence electrons. The molecule has 1 aromatic carbocycles. The molecule has 5 saturated carbocycles. The number of likely N-dealkylation sites (tertiary alicyclic amines) is 1. The van der Waals surface area contributed by atoms with E-state index in [2.05, 4.69) is 15.0 Å². The number of halogens is 1. The third-order valence-corrected chi connectivity index (χ3v) is 10.2. The molecule has 5 aliphatic carbocycles. The highest BCUT2D eigenvalue weighted by Crippen LogP contribution is 2.84. The van der Waals surface area contributed by atoms with E-state index in [1.165, 1.54) is 25.0 Å². The molecular formula is C25H26FN3O2. The lowest BCUT2D eigenvalue weighted by Gasteiger charge is -2.48. The first-order valence-corrected chi connectivity index (χ1v) is 12.1. The molecule has 2 heterocycles. The molecule has 1 aliphatic heterocycles. The quantitative estimate of drug-likeness (QED) is 0.755. The van der Waals surface area contributed by atoms with Gasteiger partial charge in [-0.2, -0.15) is 4.98 Å². The Hall–Kier alpha value is -2.24. The van der Waals surface area contributed by atoms with E-state index >= 15 is 0 Å². The topological polar surface area (TPSA) is 59.2 Å². The van der Waals surface area contributed by atoms with Gasteiger partial charge in [0.2, 0.25) is 17.6 Å². The van der Waals surface area contributed by atoms with Crippen LogP contribution in [-0.4, -0.2) is 34.0 Å². The van der Waals surface area contributed by atoms with Gasteiger partial charge in [0.05, 0.1) is 5.92 Å². The van der Waals surface area contributed by atoms with Crippen LogP contribution in [-0.2, 0) is 4.79 Å². The van der Waals surface area contributed by atoms with E-state index in [9.17, 15) is 9.18 Å². The van der Waals surface area contributed by atoms with Crippen LogP contribution in [0.1, 0.15) is 37.5 Å². The average Bonchev–Trinajstić information content (AvgIpc) is 3.50. The Balaban J connectivity index is 1.03. The normalized spacial score (nSPS) is 45.5. The lowest BCUT2D eigenvalue weighted by molar-refractivity contribution is -0.145. The second-order valence-corrected chi connectivity index (χ2v) is 11.0. The lowest BCUT2D eigenvalue weighted by atomic mass is 9.57. The molecule has 31 heavy (non-hydrogen) atoms. The van der Waals surface area contributed by atoms with Gasteiger partial charge < -0.3 is 9.42 Å². The number of carbonyl (C=O) groups is 1. The van der Waals surface area contributed by atoms with Crippen molar-refractivity contribution in [3.63, 3.8) is 0 Å². The van der Waals surface area contributed by atoms with Crippen molar-refractivity contribution in [1.29, 1.82) is 0 Å². The Bertz CT molecular complexity index is 1080. The van der Waals surface area contributed by atoms with Gasteiger partial charge in [-0.15, -0.1) is 0 Å². The summed E-state index contributed by atoms with van der Waals surface area (Å²) in [5.41, 5.74) is 0.746. The Morgan fingerprint density at radius 3 is 2.61 bits per heavy atom. The molecule has 0 radical (unpaired) electrons. The molecule has 10 atom stereocenters. The van der Waals surface area contributed by atoms with E-state index in [0.29, 0.717) is 41.9 Å². The molecule has 1 aromatic heterocycles. The summed E-state index contributed by atoms with van der Waals surface area (Å²) in [7, 11) is 0. The zero-order chi connectivity index (χ0) is 20.4. The number of fused-ring (bicyclic) bond motifs is 2. The van der Waals surface area contributed by atoms with E-state index in [1.54, 1.807) is 12.1 Å². The number of piperidine rings is 1. The minimum atomic E-state index is -0.279. The zero-order valence-electron chi connectivity index (χ0n) is 17.4. The molecule has 1 amide bonds. The molecule has 6 fully saturated rings. The van der Waals surface area contributed by atoms with Crippen LogP contribution < -0.4 is 0 Å². The van der Waals surface area contributed by atoms with Gasteiger partial charge in [0.15, 0.2) is 0 Å². The lowest BCUT2D eigenvalue weighted by Crippen LogP contribution is -2.51. The molecule has 6 aliphatic rings. The molecule has 5 nitrogen and oxygen atoms in total. The molecule has 2 bridgehead atoms. The van der Waals surface area contributed by atoms with E-state index < -0.39 is 0 Å². The predicted molar refractivity (Wildman–Crippen MR) is 109 cm³/mol. The summed E-state index contributed by atoms with van der Waals surface area (Å²) in [5.74, 6) is 8.49. The van der Waals surface area contributed by atoms with Crippen molar-refractivity contribution in [2.24, 2.45) is 53.3 Å². The van der Waals surface area contributed by atoms with E-state index in [0.717, 1.165) is 60.5 Å². The third-order valence-electron chi connectivity index (χ3n) is 10.2. The third kappa shape index (κ3) is 2.05. The maximum Gasteiger partial charge on any atom is 0.231 e. The summed E-state index contributed by atoms with van der Waals surface area (Å²) in [6.45, 7) is 1.55. The van der Waals surface area contributed by atoms with Crippen molar-refractivity contribution in [1.82, 2.24) is 15.0 Å². The van der Waals surface area contributed by atoms with Gasteiger partial charge in [-0.25, -0.2) is 4.39 Å². The summed E-state index contributed by atoms with van der Waals surface area (Å²) < 4.78 is 18.8. The molecule has 0 N–H and O–H groups in total. The number of benzene rings is 1. The Morgan fingerprint density at radius 2 is 1.77 bits per heavy atom. The van der Waals surface area contributed by atoms with Gasteiger partial charge >= 0.3 is 0 Å². The van der Waals surface area contributed by atoms with Gasteiger partial charge in [0.25, 0.3) is 0 Å². The van der Waals surface area contributed by atoms with Crippen molar-refractivity contribution in [2.75, 3.05) is 13.1 Å². The average molecular weight is 420 g/mol. The van der Waals surface area contributed by atoms with Crippen LogP contribution in [0.2, 0.25) is 0 Å². The van der Waals surface area contributed by atoms with Crippen LogP contribution in [0.4, 0.5) is 4.39 Å². The highest BCUT2D eigenvalue weighted by atomic mass is 19.1. The number of hydrogen-bond donors (Lipinski definition) is 0. The minimum Gasteiger partial charge on any atom is -0.342 e. The van der Waals surface area contributed by atoms with Crippen LogP contribution in [0.3, 0.4) is 0 Å². The van der Waals surface area contributed by atoms with Crippen LogP contribution in [0, 0.1) is 59.1 Å². The Kier molecular flexibility index (Phi) is 3.22. The fourth-order valence-corrected chi connectivity index (χ4v) is 9.51. The van der Waals surface area contributed by atoms with Gasteiger partial charge in [-0.05, 0) is 97.3 Å². The highest BCUT2D eigenvalue weighted by molar-refractivity contribution is 5.81.